The third-order valence-electron chi connectivity index (χ3n) is 1.96. The molecule has 0 saturated carbocycles. The molecule has 0 spiro atoms. The highest BCUT2D eigenvalue weighted by molar-refractivity contribution is 5.89. The molecule has 1 rings (SSSR count). The number of para-hydroxylation sites is 1. The van der Waals surface area contributed by atoms with E-state index in [4.69, 9.17) is 9.84 Å². The van der Waals surface area contributed by atoms with Gasteiger partial charge in [-0.1, -0.05) is 18.2 Å². The van der Waals surface area contributed by atoms with Crippen molar-refractivity contribution in [1.29, 1.82) is 0 Å². The monoisotopic (exact) mass is 224 g/mol. The fourth-order valence-electron chi connectivity index (χ4n) is 1.22. The van der Waals surface area contributed by atoms with Crippen molar-refractivity contribution in [3.63, 3.8) is 0 Å². The summed E-state index contributed by atoms with van der Waals surface area (Å²) in [6.45, 7) is 0.120. The minimum absolute atomic E-state index is 0.157. The van der Waals surface area contributed by atoms with Crippen LogP contribution in [-0.4, -0.2) is 37.5 Å². The zero-order chi connectivity index (χ0) is 11.8. The molecule has 3 N–H and O–H groups in total. The van der Waals surface area contributed by atoms with E-state index < -0.39 is 6.04 Å². The van der Waals surface area contributed by atoms with Gasteiger partial charge in [0.1, 0.15) is 0 Å². The van der Waals surface area contributed by atoms with Crippen LogP contribution in [-0.2, 0) is 4.74 Å². The van der Waals surface area contributed by atoms with Crippen LogP contribution >= 0.6 is 0 Å². The van der Waals surface area contributed by atoms with E-state index in [0.717, 1.165) is 0 Å². The molecular formula is C11H16N2O3. The highest BCUT2D eigenvalue weighted by Crippen LogP contribution is 2.04. The van der Waals surface area contributed by atoms with Gasteiger partial charge in [0.2, 0.25) is 0 Å². The van der Waals surface area contributed by atoms with Crippen molar-refractivity contribution < 1.29 is 14.6 Å². The van der Waals surface area contributed by atoms with Gasteiger partial charge in [-0.15, -0.1) is 0 Å². The Morgan fingerprint density at radius 3 is 2.69 bits per heavy atom. The van der Waals surface area contributed by atoms with Crippen molar-refractivity contribution in [2.75, 3.05) is 25.6 Å². The number of rotatable bonds is 5. The zero-order valence-electron chi connectivity index (χ0n) is 9.14. The average molecular weight is 224 g/mol. The summed E-state index contributed by atoms with van der Waals surface area (Å²) >= 11 is 0. The Morgan fingerprint density at radius 1 is 1.44 bits per heavy atom. The highest BCUT2D eigenvalue weighted by Gasteiger charge is 2.10. The van der Waals surface area contributed by atoms with E-state index in [9.17, 15) is 4.79 Å². The maximum absolute atomic E-state index is 11.5. The Hall–Kier alpha value is -1.59. The fourth-order valence-corrected chi connectivity index (χ4v) is 1.22. The number of amides is 2. The fraction of sp³-hybridized carbons (Fsp3) is 0.364. The Balaban J connectivity index is 2.41. The van der Waals surface area contributed by atoms with Gasteiger partial charge >= 0.3 is 6.03 Å². The average Bonchev–Trinajstić information content (AvgIpc) is 2.29. The zero-order valence-corrected chi connectivity index (χ0v) is 9.14. The van der Waals surface area contributed by atoms with Crippen LogP contribution in [0, 0.1) is 0 Å². The number of carbonyl (C=O) groups excluding carboxylic acids is 1. The van der Waals surface area contributed by atoms with Crippen LogP contribution in [0.4, 0.5) is 10.5 Å². The van der Waals surface area contributed by atoms with Gasteiger partial charge in [0.25, 0.3) is 0 Å². The minimum Gasteiger partial charge on any atom is -0.394 e. The Labute approximate surface area is 94.4 Å². The molecule has 16 heavy (non-hydrogen) atoms. The second-order valence-electron chi connectivity index (χ2n) is 3.30. The lowest BCUT2D eigenvalue weighted by molar-refractivity contribution is 0.132. The first-order valence-corrected chi connectivity index (χ1v) is 4.98. The van der Waals surface area contributed by atoms with Gasteiger partial charge in [0.15, 0.2) is 0 Å². The molecule has 1 unspecified atom stereocenters. The number of nitrogens with one attached hydrogen (secondary N) is 2. The van der Waals surface area contributed by atoms with Gasteiger partial charge in [0.05, 0.1) is 19.3 Å². The van der Waals surface area contributed by atoms with Crippen LogP contribution in [0.3, 0.4) is 0 Å². The number of urea groups is 1. The smallest absolute Gasteiger partial charge is 0.319 e. The van der Waals surface area contributed by atoms with Crippen molar-refractivity contribution in [3.05, 3.63) is 30.3 Å². The maximum Gasteiger partial charge on any atom is 0.319 e. The van der Waals surface area contributed by atoms with Gasteiger partial charge < -0.3 is 20.5 Å². The van der Waals surface area contributed by atoms with Gasteiger partial charge in [0, 0.05) is 12.8 Å². The molecule has 0 bridgehead atoms. The third kappa shape index (κ3) is 4.29. The molecule has 1 aromatic rings. The number of aliphatic hydroxyl groups is 1. The largest absolute Gasteiger partial charge is 0.394 e. The van der Waals surface area contributed by atoms with E-state index in [1.807, 2.05) is 18.2 Å². The summed E-state index contributed by atoms with van der Waals surface area (Å²) in [7, 11) is 1.51. The molecule has 5 nitrogen and oxygen atoms in total. The van der Waals surface area contributed by atoms with Gasteiger partial charge in [-0.3, -0.25) is 0 Å². The topological polar surface area (TPSA) is 70.6 Å². The molecule has 5 heteroatoms. The van der Waals surface area contributed by atoms with Gasteiger partial charge in [-0.2, -0.15) is 0 Å². The summed E-state index contributed by atoms with van der Waals surface area (Å²) in [4.78, 5) is 11.5. The summed E-state index contributed by atoms with van der Waals surface area (Å²) < 4.78 is 4.84. The Bertz CT molecular complexity index is 316. The normalized spacial score (nSPS) is 11.9. The number of carbonyl (C=O) groups is 1. The second-order valence-corrected chi connectivity index (χ2v) is 3.30. The number of ether oxygens (including phenoxy) is 1. The molecule has 0 radical (unpaired) electrons. The third-order valence-corrected chi connectivity index (χ3v) is 1.96. The molecule has 0 heterocycles. The van der Waals surface area contributed by atoms with Crippen molar-refractivity contribution >= 4 is 11.7 Å². The summed E-state index contributed by atoms with van der Waals surface area (Å²) in [5.74, 6) is 0. The van der Waals surface area contributed by atoms with Crippen LogP contribution in [0.2, 0.25) is 0 Å². The predicted octanol–water partition coefficient (Wildman–Crippen LogP) is 0.815. The summed E-state index contributed by atoms with van der Waals surface area (Å²) in [5, 5.41) is 14.2. The van der Waals surface area contributed by atoms with Crippen molar-refractivity contribution in [2.24, 2.45) is 0 Å². The molecule has 0 aromatic heterocycles. The summed E-state index contributed by atoms with van der Waals surface area (Å²) in [6.07, 6.45) is 0. The van der Waals surface area contributed by atoms with Crippen LogP contribution in [0.15, 0.2) is 30.3 Å². The number of aliphatic hydroxyl groups excluding tert-OH is 1. The number of methoxy groups -OCH3 is 1. The van der Waals surface area contributed by atoms with E-state index in [-0.39, 0.29) is 19.2 Å². The minimum atomic E-state index is -0.395. The van der Waals surface area contributed by atoms with Crippen LogP contribution < -0.4 is 10.6 Å². The molecule has 1 atom stereocenters. The van der Waals surface area contributed by atoms with Crippen molar-refractivity contribution in [1.82, 2.24) is 5.32 Å². The number of benzene rings is 1. The van der Waals surface area contributed by atoms with Crippen LogP contribution in [0.1, 0.15) is 0 Å². The first-order chi connectivity index (χ1) is 7.76. The Morgan fingerprint density at radius 2 is 2.12 bits per heavy atom. The molecule has 0 saturated heterocycles. The van der Waals surface area contributed by atoms with E-state index in [1.54, 1.807) is 12.1 Å². The van der Waals surface area contributed by atoms with Gasteiger partial charge in [-0.05, 0) is 12.1 Å². The SMILES string of the molecule is COCC(CO)NC(=O)Nc1ccccc1. The standard InChI is InChI=1S/C11H16N2O3/c1-16-8-10(7-14)13-11(15)12-9-5-3-2-4-6-9/h2-6,10,14H,7-8H2,1H3,(H2,12,13,15). The maximum atomic E-state index is 11.5. The molecule has 0 aliphatic heterocycles. The molecule has 1 aromatic carbocycles. The lowest BCUT2D eigenvalue weighted by Gasteiger charge is -2.15. The summed E-state index contributed by atoms with van der Waals surface area (Å²) in [6, 6.07) is 8.33. The predicted molar refractivity (Wildman–Crippen MR) is 61.3 cm³/mol. The van der Waals surface area contributed by atoms with Crippen molar-refractivity contribution in [3.8, 4) is 0 Å². The van der Waals surface area contributed by atoms with Crippen LogP contribution in [0.5, 0.6) is 0 Å². The molecule has 0 fully saturated rings. The molecule has 2 amide bonds. The van der Waals surface area contributed by atoms with E-state index >= 15 is 0 Å². The lowest BCUT2D eigenvalue weighted by Crippen LogP contribution is -2.42. The van der Waals surface area contributed by atoms with Gasteiger partial charge in [-0.25, -0.2) is 4.79 Å². The second kappa shape index (κ2) is 6.81. The van der Waals surface area contributed by atoms with Crippen LogP contribution in [0.25, 0.3) is 0 Å². The number of hydrogen-bond donors (Lipinski definition) is 3. The van der Waals surface area contributed by atoms with E-state index in [0.29, 0.717) is 5.69 Å². The first kappa shape index (κ1) is 12.5. The quantitative estimate of drug-likeness (QED) is 0.693. The summed E-state index contributed by atoms with van der Waals surface area (Å²) in [5.41, 5.74) is 0.703. The van der Waals surface area contributed by atoms with E-state index in [2.05, 4.69) is 10.6 Å². The number of hydrogen-bond acceptors (Lipinski definition) is 3. The first-order valence-electron chi connectivity index (χ1n) is 4.98. The number of anilines is 1. The highest BCUT2D eigenvalue weighted by atomic mass is 16.5. The molecule has 0 aliphatic rings. The molecule has 0 aliphatic carbocycles. The van der Waals surface area contributed by atoms with E-state index in [1.165, 1.54) is 7.11 Å². The molecule has 88 valence electrons. The lowest BCUT2D eigenvalue weighted by atomic mass is 10.3. The van der Waals surface area contributed by atoms with Crippen molar-refractivity contribution in [2.45, 2.75) is 6.04 Å². The molecular weight excluding hydrogens is 208 g/mol. The Kier molecular flexibility index (Phi) is 5.31.